The van der Waals surface area contributed by atoms with Crippen LogP contribution in [0.3, 0.4) is 0 Å². The highest BCUT2D eigenvalue weighted by Crippen LogP contribution is 2.45. The summed E-state index contributed by atoms with van der Waals surface area (Å²) < 4.78 is 35.1. The molecule has 4 N–H and O–H groups in total. The van der Waals surface area contributed by atoms with Crippen molar-refractivity contribution in [2.45, 2.75) is 56.6 Å². The molecule has 2 aliphatic heterocycles. The van der Waals surface area contributed by atoms with Gasteiger partial charge in [0.15, 0.2) is 0 Å². The quantitative estimate of drug-likeness (QED) is 0.0740. The summed E-state index contributed by atoms with van der Waals surface area (Å²) in [6.07, 6.45) is 10.5. The Balaban J connectivity index is 1.01. The highest BCUT2D eigenvalue weighted by molar-refractivity contribution is 7.50. The molecular formula is C45H54N6O12P-. The van der Waals surface area contributed by atoms with E-state index in [1.165, 1.54) is 42.5 Å². The van der Waals surface area contributed by atoms with Crippen molar-refractivity contribution in [2.24, 2.45) is 0 Å². The van der Waals surface area contributed by atoms with Crippen LogP contribution < -0.4 is 46.4 Å². The number of methoxy groups -OCH3 is 1. The Morgan fingerprint density at radius 3 is 2.45 bits per heavy atom. The molecule has 3 aromatic rings. The number of amides is 2. The van der Waals surface area contributed by atoms with Gasteiger partial charge in [0.25, 0.3) is 11.5 Å². The van der Waals surface area contributed by atoms with Gasteiger partial charge in [0.1, 0.15) is 37.5 Å². The maximum Gasteiger partial charge on any atom is 0.330 e. The third-order valence-corrected chi connectivity index (χ3v) is 11.7. The number of carbonyl (C=O) groups is 3. The fourth-order valence-corrected chi connectivity index (χ4v) is 8.02. The van der Waals surface area contributed by atoms with E-state index >= 15 is 0 Å². The van der Waals surface area contributed by atoms with Crippen molar-refractivity contribution >= 4 is 42.7 Å². The maximum absolute atomic E-state index is 13.4. The number of allylic oxidation sites excluding steroid dienone is 1. The predicted octanol–water partition coefficient (Wildman–Crippen LogP) is 0.749. The molecule has 3 aliphatic rings. The smallest absolute Gasteiger partial charge is 0.330 e. The van der Waals surface area contributed by atoms with Gasteiger partial charge in [0.2, 0.25) is 5.91 Å². The van der Waals surface area contributed by atoms with Gasteiger partial charge in [-0.2, -0.15) is 0 Å². The van der Waals surface area contributed by atoms with E-state index in [-0.39, 0.29) is 36.1 Å². The summed E-state index contributed by atoms with van der Waals surface area (Å²) >= 11 is 0. The summed E-state index contributed by atoms with van der Waals surface area (Å²) in [4.78, 5) is 80.5. The van der Waals surface area contributed by atoms with Gasteiger partial charge in [-0.05, 0) is 60.9 Å². The van der Waals surface area contributed by atoms with Crippen LogP contribution in [-0.2, 0) is 23.4 Å². The molecule has 1 saturated heterocycles. The standard InChI is InChI=1S/C45H55N6O12P/c1-49(2)29-13-16-32-35(22-29)62-36-23-30(50(3)4)14-17-33(36)41(32)34-21-27(11-15-31(34)44(55)56)42(53)47-20-10-8-7-9-19-46-39(52)18-12-28-25-51(45(57)48-43(28)54)40-24-37(60-5)38(63-40)26-61-64(6,58)59/h11-18,21-23,25,29,37-38,40H,7-10,19-20,24,26H2,1-6H3,(H,46,52)(H,47,53)(H,55,56)(H,58,59)(H,48,54,57)/p-1/b18-12+/t29?,37?,38-,40-/m1/s1. The lowest BCUT2D eigenvalue weighted by molar-refractivity contribution is -0.871. The number of likely N-dealkylation sites (N-methyl/N-ethyl adjacent to an activating group) is 1. The van der Waals surface area contributed by atoms with Crippen LogP contribution in [0.2, 0.25) is 0 Å². The summed E-state index contributed by atoms with van der Waals surface area (Å²) in [7, 11) is 5.31. The van der Waals surface area contributed by atoms with E-state index in [9.17, 15) is 38.5 Å². The first-order valence-corrected chi connectivity index (χ1v) is 22.9. The molecule has 6 rings (SSSR count). The zero-order valence-corrected chi connectivity index (χ0v) is 37.5. The van der Waals surface area contributed by atoms with E-state index in [1.807, 2.05) is 69.5 Å². The molecule has 18 nitrogen and oxygen atoms in total. The average Bonchev–Trinajstić information content (AvgIpc) is 3.67. The molecular weight excluding hydrogens is 847 g/mol. The highest BCUT2D eigenvalue weighted by Gasteiger charge is 2.38. The first kappa shape index (κ1) is 47.6. The minimum absolute atomic E-state index is 0.0229. The van der Waals surface area contributed by atoms with Gasteiger partial charge >= 0.3 is 5.69 Å². The Morgan fingerprint density at radius 2 is 1.78 bits per heavy atom. The summed E-state index contributed by atoms with van der Waals surface area (Å²) in [6.45, 7) is 1.36. The van der Waals surface area contributed by atoms with Gasteiger partial charge in [0.05, 0.1) is 38.3 Å². The van der Waals surface area contributed by atoms with E-state index in [2.05, 4.69) is 15.6 Å². The van der Waals surface area contributed by atoms with Crippen LogP contribution in [0.15, 0.2) is 87.8 Å². The number of hydrogen-bond donors (Lipinski definition) is 4. The number of hydrogen-bond acceptors (Lipinski definition) is 13. The Labute approximate surface area is 370 Å². The number of aromatic carboxylic acids is 1. The second-order valence-electron chi connectivity index (χ2n) is 16.3. The van der Waals surface area contributed by atoms with Gasteiger partial charge in [-0.3, -0.25) is 23.9 Å². The number of nitrogens with zero attached hydrogens (tertiary/aromatic N) is 2. The minimum Gasteiger partial charge on any atom is -0.779 e. The predicted molar refractivity (Wildman–Crippen MR) is 235 cm³/mol. The topological polar surface area (TPSA) is 238 Å². The van der Waals surface area contributed by atoms with E-state index in [0.717, 1.165) is 29.8 Å². The lowest BCUT2D eigenvalue weighted by Gasteiger charge is -2.30. The lowest BCUT2D eigenvalue weighted by atomic mass is 9.84. The van der Waals surface area contributed by atoms with Crippen LogP contribution in [0.5, 0.6) is 5.75 Å². The number of fused-ring (bicyclic) bond motifs is 2. The number of ether oxygens (including phenoxy) is 3. The molecule has 2 aromatic carbocycles. The Morgan fingerprint density at radius 1 is 1.05 bits per heavy atom. The number of quaternary nitrogens is 1. The van der Waals surface area contributed by atoms with Crippen molar-refractivity contribution in [3.8, 4) is 5.75 Å². The lowest BCUT2D eigenvalue weighted by Crippen LogP contribution is -3.09. The van der Waals surface area contributed by atoms with Crippen molar-refractivity contribution in [1.29, 1.82) is 0 Å². The van der Waals surface area contributed by atoms with Gasteiger partial charge in [0, 0.05) is 105 Å². The van der Waals surface area contributed by atoms with Gasteiger partial charge in [-0.25, -0.2) is 4.79 Å². The third-order valence-electron chi connectivity index (χ3n) is 11.1. The van der Waals surface area contributed by atoms with Crippen LogP contribution >= 0.6 is 7.60 Å². The van der Waals surface area contributed by atoms with Crippen molar-refractivity contribution in [1.82, 2.24) is 20.2 Å². The number of aromatic nitrogens is 2. The molecule has 5 atom stereocenters. The zero-order valence-electron chi connectivity index (χ0n) is 36.6. The molecule has 1 aromatic heterocycles. The number of benzene rings is 2. The first-order valence-electron chi connectivity index (χ1n) is 20.9. The van der Waals surface area contributed by atoms with Gasteiger partial charge in [-0.15, -0.1) is 0 Å². The van der Waals surface area contributed by atoms with Gasteiger partial charge < -0.3 is 58.5 Å². The largest absolute Gasteiger partial charge is 0.779 e. The average molecular weight is 902 g/mol. The molecule has 0 saturated carbocycles. The summed E-state index contributed by atoms with van der Waals surface area (Å²) in [6, 6.07) is 10.2. The Bertz CT molecular complexity index is 2550. The molecule has 64 heavy (non-hydrogen) atoms. The number of aromatic amines is 1. The number of carboxylic acid groups (broad SMARTS) is 1. The van der Waals surface area contributed by atoms with Gasteiger partial charge in [-0.1, -0.05) is 18.9 Å². The van der Waals surface area contributed by atoms with Crippen LogP contribution in [0.1, 0.15) is 75.7 Å². The summed E-state index contributed by atoms with van der Waals surface area (Å²) in [5.41, 5.74) is 2.09. The fourth-order valence-electron chi connectivity index (χ4n) is 7.60. The molecule has 0 radical (unpaired) electrons. The van der Waals surface area contributed by atoms with Crippen LogP contribution in [0.25, 0.3) is 11.6 Å². The summed E-state index contributed by atoms with van der Waals surface area (Å²) in [5.74, 6) is -0.998. The molecule has 1 fully saturated rings. The second-order valence-corrected chi connectivity index (χ2v) is 18.1. The normalized spacial score (nSPS) is 20.0. The van der Waals surface area contributed by atoms with Crippen molar-refractivity contribution in [3.63, 3.8) is 0 Å². The zero-order chi connectivity index (χ0) is 46.3. The number of unbranched alkanes of at least 4 members (excludes halogenated alkanes) is 3. The van der Waals surface area contributed by atoms with Crippen LogP contribution in [-0.4, -0.2) is 107 Å². The van der Waals surface area contributed by atoms with Crippen molar-refractivity contribution in [3.05, 3.63) is 127 Å². The van der Waals surface area contributed by atoms with E-state index in [1.54, 1.807) is 6.07 Å². The number of nitrogens with one attached hydrogen (secondary N) is 4. The minimum atomic E-state index is -4.03. The molecule has 3 unspecified atom stereocenters. The second kappa shape index (κ2) is 20.7. The molecule has 3 heterocycles. The van der Waals surface area contributed by atoms with Crippen LogP contribution in [0, 0.1) is 0 Å². The molecule has 19 heteroatoms. The highest BCUT2D eigenvalue weighted by atomic mass is 31.2. The molecule has 0 spiro atoms. The molecule has 1 aliphatic carbocycles. The number of H-pyrrole nitrogens is 1. The number of rotatable bonds is 19. The first-order chi connectivity index (χ1) is 30.4. The van der Waals surface area contributed by atoms with Crippen LogP contribution in [0.4, 0.5) is 5.69 Å². The number of anilines is 1. The molecule has 342 valence electrons. The SMILES string of the molecule is COC1C[C@H](n2cc(/C=C/C(=O)NCCCCCCNC(=O)c3ccc(C(=O)[O-])c(C4=C5C=CC([NH+](C)C)C=C5Oc5cc(N(C)C)ccc54)c3)c(=O)[nH]c2=O)O[C@@H]1COP(C)(=O)[O-]. The molecule has 2 amide bonds. The third kappa shape index (κ3) is 11.6. The Kier molecular flexibility index (Phi) is 15.4. The number of carboxylic acids is 1. The van der Waals surface area contributed by atoms with E-state index in [4.69, 9.17) is 18.7 Å². The summed E-state index contributed by atoms with van der Waals surface area (Å²) in [5, 5.41) is 18.2. The van der Waals surface area contributed by atoms with E-state index < -0.39 is 49.2 Å². The molecule has 0 bridgehead atoms. The number of carbonyl (C=O) groups excluding carboxylic acids is 3. The monoisotopic (exact) mass is 901 g/mol. The fraction of sp³-hybridized carbons (Fsp3) is 0.400. The van der Waals surface area contributed by atoms with E-state index in [0.29, 0.717) is 65.3 Å². The Hall–Kier alpha value is -5.88. The maximum atomic E-state index is 13.4. The van der Waals surface area contributed by atoms with Crippen molar-refractivity contribution in [2.75, 3.05) is 66.6 Å². The van der Waals surface area contributed by atoms with Crippen molar-refractivity contribution < 1.29 is 52.6 Å².